The molecule has 2 rings (SSSR count). The zero-order valence-electron chi connectivity index (χ0n) is 13.2. The summed E-state index contributed by atoms with van der Waals surface area (Å²) in [6.07, 6.45) is 2.10. The van der Waals surface area contributed by atoms with Gasteiger partial charge in [-0.1, -0.05) is 30.7 Å². The van der Waals surface area contributed by atoms with Crippen molar-refractivity contribution in [2.75, 3.05) is 13.1 Å². The van der Waals surface area contributed by atoms with Crippen molar-refractivity contribution in [1.29, 1.82) is 5.41 Å². The Morgan fingerprint density at radius 1 is 1.38 bits per heavy atom. The maximum absolute atomic E-state index is 12.6. The normalized spacial score (nSPS) is 12.9. The first-order valence-electron chi connectivity index (χ1n) is 7.42. The van der Waals surface area contributed by atoms with Crippen molar-refractivity contribution in [2.24, 2.45) is 11.7 Å². The summed E-state index contributed by atoms with van der Waals surface area (Å²) in [6.45, 7) is 2.76. The van der Waals surface area contributed by atoms with Crippen molar-refractivity contribution in [3.05, 3.63) is 35.6 Å². The minimum absolute atomic E-state index is 0.0938. The van der Waals surface area contributed by atoms with E-state index in [9.17, 15) is 8.42 Å². The topological polar surface area (TPSA) is 121 Å². The van der Waals surface area contributed by atoms with Crippen molar-refractivity contribution >= 4 is 38.4 Å². The molecule has 0 fully saturated rings. The van der Waals surface area contributed by atoms with Gasteiger partial charge in [-0.25, -0.2) is 18.1 Å². The minimum atomic E-state index is -3.65. The molecule has 0 aliphatic heterocycles. The van der Waals surface area contributed by atoms with E-state index in [2.05, 4.69) is 15.0 Å². The SMILES string of the molecule is CC(CCNS(=O)(=O)c1cccc2c(Cl)nccc12)CNC(=N)N. The molecule has 5 N–H and O–H groups in total. The van der Waals surface area contributed by atoms with Crippen LogP contribution >= 0.6 is 11.6 Å². The second kappa shape index (κ2) is 7.78. The van der Waals surface area contributed by atoms with Crippen molar-refractivity contribution in [3.63, 3.8) is 0 Å². The molecule has 0 saturated heterocycles. The number of nitrogens with one attached hydrogen (secondary N) is 3. The van der Waals surface area contributed by atoms with E-state index in [0.29, 0.717) is 23.7 Å². The lowest BCUT2D eigenvalue weighted by molar-refractivity contribution is 0.510. The number of sulfonamides is 1. The average Bonchev–Trinajstić information content (AvgIpc) is 2.52. The smallest absolute Gasteiger partial charge is 0.241 e. The summed E-state index contributed by atoms with van der Waals surface area (Å²) in [4.78, 5) is 4.15. The number of fused-ring (bicyclic) bond motifs is 1. The molecule has 1 atom stereocenters. The molecular formula is C15H20ClN5O2S. The van der Waals surface area contributed by atoms with Crippen molar-refractivity contribution in [2.45, 2.75) is 18.2 Å². The molecule has 7 nitrogen and oxygen atoms in total. The Morgan fingerprint density at radius 3 is 2.83 bits per heavy atom. The van der Waals surface area contributed by atoms with Gasteiger partial charge in [0.1, 0.15) is 5.15 Å². The van der Waals surface area contributed by atoms with Crippen LogP contribution in [0.2, 0.25) is 5.15 Å². The van der Waals surface area contributed by atoms with Crippen LogP contribution in [0.4, 0.5) is 0 Å². The van der Waals surface area contributed by atoms with Gasteiger partial charge >= 0.3 is 0 Å². The Hall–Kier alpha value is -1.90. The Kier molecular flexibility index (Phi) is 5.98. The Balaban J connectivity index is 2.09. The van der Waals surface area contributed by atoms with Gasteiger partial charge in [0.2, 0.25) is 10.0 Å². The van der Waals surface area contributed by atoms with E-state index in [-0.39, 0.29) is 28.5 Å². The second-order valence-corrected chi connectivity index (χ2v) is 7.63. The molecule has 0 bridgehead atoms. The Morgan fingerprint density at radius 2 is 2.12 bits per heavy atom. The molecule has 1 aromatic carbocycles. The number of guanidine groups is 1. The van der Waals surface area contributed by atoms with Gasteiger partial charge in [-0.3, -0.25) is 5.41 Å². The average molecular weight is 370 g/mol. The molecule has 2 aromatic rings. The predicted molar refractivity (Wildman–Crippen MR) is 95.6 cm³/mol. The molecule has 0 radical (unpaired) electrons. The van der Waals surface area contributed by atoms with Gasteiger partial charge in [0.15, 0.2) is 5.96 Å². The maximum Gasteiger partial charge on any atom is 0.241 e. The lowest BCUT2D eigenvalue weighted by atomic mass is 10.1. The number of benzene rings is 1. The van der Waals surface area contributed by atoms with Gasteiger partial charge in [0, 0.05) is 30.1 Å². The van der Waals surface area contributed by atoms with Crippen LogP contribution in [0.15, 0.2) is 35.4 Å². The van der Waals surface area contributed by atoms with Crippen LogP contribution in [0.5, 0.6) is 0 Å². The van der Waals surface area contributed by atoms with E-state index < -0.39 is 10.0 Å². The third kappa shape index (κ3) is 4.56. The number of pyridine rings is 1. The molecule has 24 heavy (non-hydrogen) atoms. The number of nitrogens with two attached hydrogens (primary N) is 1. The standard InChI is InChI=1S/C15H20ClN5O2S/c1-10(9-20-15(17)18)5-8-21-24(22,23)13-4-2-3-12-11(13)6-7-19-14(12)16/h2-4,6-7,10,21H,5,8-9H2,1H3,(H4,17,18,20). The van der Waals surface area contributed by atoms with E-state index >= 15 is 0 Å². The number of nitrogens with zero attached hydrogens (tertiary/aromatic N) is 1. The van der Waals surface area contributed by atoms with Crippen LogP contribution in [0.3, 0.4) is 0 Å². The zero-order chi connectivity index (χ0) is 17.7. The van der Waals surface area contributed by atoms with E-state index in [0.717, 1.165) is 0 Å². The first-order valence-corrected chi connectivity index (χ1v) is 9.28. The summed E-state index contributed by atoms with van der Waals surface area (Å²) in [7, 11) is -3.65. The van der Waals surface area contributed by atoms with Gasteiger partial charge in [0.05, 0.1) is 4.90 Å². The van der Waals surface area contributed by atoms with Crippen LogP contribution in [0.1, 0.15) is 13.3 Å². The molecule has 0 saturated carbocycles. The highest BCUT2D eigenvalue weighted by Crippen LogP contribution is 2.26. The van der Waals surface area contributed by atoms with E-state index in [1.165, 1.54) is 6.20 Å². The highest BCUT2D eigenvalue weighted by atomic mass is 35.5. The molecule has 0 amide bonds. The summed E-state index contributed by atoms with van der Waals surface area (Å²) < 4.78 is 27.7. The zero-order valence-corrected chi connectivity index (χ0v) is 14.8. The lowest BCUT2D eigenvalue weighted by Crippen LogP contribution is -2.35. The number of rotatable bonds is 7. The summed E-state index contributed by atoms with van der Waals surface area (Å²) in [5.41, 5.74) is 5.22. The predicted octanol–water partition coefficient (Wildman–Crippen LogP) is 1.68. The molecule has 1 aromatic heterocycles. The molecule has 130 valence electrons. The summed E-state index contributed by atoms with van der Waals surface area (Å²) in [5, 5.41) is 11.2. The van der Waals surface area contributed by atoms with Gasteiger partial charge in [-0.2, -0.15) is 0 Å². The maximum atomic E-state index is 12.6. The molecule has 1 heterocycles. The molecule has 0 aliphatic rings. The first kappa shape index (κ1) is 18.4. The van der Waals surface area contributed by atoms with E-state index in [4.69, 9.17) is 22.7 Å². The third-order valence-electron chi connectivity index (χ3n) is 3.58. The van der Waals surface area contributed by atoms with Crippen molar-refractivity contribution < 1.29 is 8.42 Å². The number of aromatic nitrogens is 1. The lowest BCUT2D eigenvalue weighted by Gasteiger charge is -2.14. The number of halogens is 1. The van der Waals surface area contributed by atoms with Crippen LogP contribution in [0.25, 0.3) is 10.8 Å². The molecular weight excluding hydrogens is 350 g/mol. The van der Waals surface area contributed by atoms with Gasteiger partial charge < -0.3 is 11.1 Å². The van der Waals surface area contributed by atoms with Gasteiger partial charge in [-0.15, -0.1) is 0 Å². The third-order valence-corrected chi connectivity index (χ3v) is 5.40. The van der Waals surface area contributed by atoms with Crippen molar-refractivity contribution in [1.82, 2.24) is 15.0 Å². The van der Waals surface area contributed by atoms with Crippen molar-refractivity contribution in [3.8, 4) is 0 Å². The fourth-order valence-corrected chi connectivity index (χ4v) is 3.77. The second-order valence-electron chi connectivity index (χ2n) is 5.54. The molecule has 1 unspecified atom stereocenters. The minimum Gasteiger partial charge on any atom is -0.370 e. The quantitative estimate of drug-likeness (QED) is 0.336. The summed E-state index contributed by atoms with van der Waals surface area (Å²) in [6, 6.07) is 6.56. The number of hydrogen-bond donors (Lipinski definition) is 4. The van der Waals surface area contributed by atoms with E-state index in [1.807, 2.05) is 6.92 Å². The first-order chi connectivity index (χ1) is 11.3. The fourth-order valence-electron chi connectivity index (χ4n) is 2.28. The highest BCUT2D eigenvalue weighted by Gasteiger charge is 2.18. The largest absolute Gasteiger partial charge is 0.370 e. The number of hydrogen-bond acceptors (Lipinski definition) is 4. The van der Waals surface area contributed by atoms with Crippen LogP contribution in [-0.2, 0) is 10.0 Å². The van der Waals surface area contributed by atoms with Gasteiger partial charge in [0.25, 0.3) is 0 Å². The van der Waals surface area contributed by atoms with Crippen LogP contribution < -0.4 is 15.8 Å². The molecule has 9 heteroatoms. The molecule has 0 aliphatic carbocycles. The summed E-state index contributed by atoms with van der Waals surface area (Å²) in [5.74, 6) is 0.0754. The Labute approximate surface area is 146 Å². The van der Waals surface area contributed by atoms with Gasteiger partial charge in [-0.05, 0) is 24.5 Å². The monoisotopic (exact) mass is 369 g/mol. The Bertz CT molecular complexity index is 841. The summed E-state index contributed by atoms with van der Waals surface area (Å²) >= 11 is 6.02. The molecule has 0 spiro atoms. The van der Waals surface area contributed by atoms with E-state index in [1.54, 1.807) is 24.3 Å². The van der Waals surface area contributed by atoms with Crippen LogP contribution in [-0.4, -0.2) is 32.5 Å². The van der Waals surface area contributed by atoms with Crippen LogP contribution in [0, 0.1) is 11.3 Å². The fraction of sp³-hybridized carbons (Fsp3) is 0.333. The highest BCUT2D eigenvalue weighted by molar-refractivity contribution is 7.89.